The van der Waals surface area contributed by atoms with E-state index >= 15 is 0 Å². The summed E-state index contributed by atoms with van der Waals surface area (Å²) in [4.78, 5) is 11.8. The van der Waals surface area contributed by atoms with Crippen molar-refractivity contribution in [2.75, 3.05) is 11.9 Å². The second-order valence-corrected chi connectivity index (χ2v) is 3.75. The van der Waals surface area contributed by atoms with Crippen LogP contribution in [-0.4, -0.2) is 22.8 Å². The molecule has 0 radical (unpaired) electrons. The Kier molecular flexibility index (Phi) is 4.41. The van der Waals surface area contributed by atoms with Crippen LogP contribution >= 0.6 is 12.2 Å². The van der Waals surface area contributed by atoms with E-state index in [0.29, 0.717) is 23.7 Å². The summed E-state index contributed by atoms with van der Waals surface area (Å²) in [5.74, 6) is 5.26. The van der Waals surface area contributed by atoms with Crippen LogP contribution in [0.3, 0.4) is 0 Å². The first-order chi connectivity index (χ1) is 8.01. The minimum Gasteiger partial charge on any atom is -0.462 e. The quantitative estimate of drug-likeness (QED) is 0.192. The van der Waals surface area contributed by atoms with E-state index in [9.17, 15) is 4.79 Å². The van der Waals surface area contributed by atoms with Crippen LogP contribution in [0.5, 0.6) is 0 Å². The minimum absolute atomic E-state index is 0.213. The molecule has 0 saturated carbocycles. The number of carbonyl (C=O) groups excluding carboxylic acids is 1. The standard InChI is InChI=1S/C9H15N5O2S/c1-4-16-8(15)6-5(2)13-14(3)7(6)11-9(17)12-10/h4,10H2,1-3H3,(H2,11,12,13,15,17)/p+1. The SMILES string of the molecule is CCOC(=O)c1c(C)[nH][n+](C)c1NC(=S)NN. The van der Waals surface area contributed by atoms with Crippen molar-refractivity contribution in [3.05, 3.63) is 11.3 Å². The number of thiocarbonyl (C=S) groups is 1. The summed E-state index contributed by atoms with van der Waals surface area (Å²) < 4.78 is 6.60. The normalized spacial score (nSPS) is 9.88. The van der Waals surface area contributed by atoms with Gasteiger partial charge < -0.3 is 4.74 Å². The number of carbonyl (C=O) groups is 1. The van der Waals surface area contributed by atoms with Crippen molar-refractivity contribution in [2.45, 2.75) is 13.8 Å². The van der Waals surface area contributed by atoms with Gasteiger partial charge in [0.25, 0.3) is 5.11 Å². The lowest BCUT2D eigenvalue weighted by Gasteiger charge is -2.02. The number of hydrogen-bond acceptors (Lipinski definition) is 4. The summed E-state index contributed by atoms with van der Waals surface area (Å²) in [5.41, 5.74) is 3.39. The van der Waals surface area contributed by atoms with Gasteiger partial charge in [0.05, 0.1) is 12.3 Å². The van der Waals surface area contributed by atoms with Crippen LogP contribution in [0.2, 0.25) is 0 Å². The largest absolute Gasteiger partial charge is 0.462 e. The molecular formula is C9H16N5O2S+. The lowest BCUT2D eigenvalue weighted by Crippen LogP contribution is -2.41. The summed E-state index contributed by atoms with van der Waals surface area (Å²) in [6, 6.07) is 0. The van der Waals surface area contributed by atoms with Gasteiger partial charge in [-0.25, -0.2) is 21.1 Å². The smallest absolute Gasteiger partial charge is 0.348 e. The molecule has 0 atom stereocenters. The Bertz CT molecular complexity index is 443. The summed E-state index contributed by atoms with van der Waals surface area (Å²) in [6.45, 7) is 3.83. The number of hydrazine groups is 1. The molecule has 5 N–H and O–H groups in total. The number of aryl methyl sites for hydroxylation is 2. The molecule has 0 bridgehead atoms. The van der Waals surface area contributed by atoms with Crippen molar-refractivity contribution < 1.29 is 14.2 Å². The zero-order chi connectivity index (χ0) is 13.0. The second kappa shape index (κ2) is 5.60. The van der Waals surface area contributed by atoms with Crippen LogP contribution in [0.15, 0.2) is 0 Å². The molecule has 0 aliphatic carbocycles. The molecule has 7 nitrogen and oxygen atoms in total. The third-order valence-corrected chi connectivity index (χ3v) is 2.35. The molecule has 1 rings (SSSR count). The third-order valence-electron chi connectivity index (χ3n) is 2.13. The van der Waals surface area contributed by atoms with E-state index in [0.717, 1.165) is 0 Å². The highest BCUT2D eigenvalue weighted by Crippen LogP contribution is 2.15. The molecule has 8 heteroatoms. The Hall–Kier alpha value is -1.67. The summed E-state index contributed by atoms with van der Waals surface area (Å²) >= 11 is 4.89. The van der Waals surface area contributed by atoms with Crippen molar-refractivity contribution in [3.8, 4) is 0 Å². The van der Waals surface area contributed by atoms with Gasteiger partial charge >= 0.3 is 11.8 Å². The molecule has 1 aromatic rings. The highest BCUT2D eigenvalue weighted by atomic mass is 32.1. The Labute approximate surface area is 104 Å². The van der Waals surface area contributed by atoms with Gasteiger partial charge in [-0.05, 0) is 26.1 Å². The van der Waals surface area contributed by atoms with Crippen LogP contribution in [0.25, 0.3) is 0 Å². The van der Waals surface area contributed by atoms with Gasteiger partial charge in [0.15, 0.2) is 5.56 Å². The van der Waals surface area contributed by atoms with Crippen molar-refractivity contribution in [1.82, 2.24) is 10.5 Å². The van der Waals surface area contributed by atoms with Gasteiger partial charge in [-0.1, -0.05) is 0 Å². The molecule has 0 amide bonds. The van der Waals surface area contributed by atoms with Gasteiger partial charge in [-0.3, -0.25) is 5.43 Å². The first-order valence-corrected chi connectivity index (χ1v) is 5.45. The number of anilines is 1. The van der Waals surface area contributed by atoms with Crippen LogP contribution in [-0.2, 0) is 11.8 Å². The van der Waals surface area contributed by atoms with Gasteiger partial charge in [0.1, 0.15) is 7.05 Å². The maximum Gasteiger partial charge on any atom is 0.348 e. The van der Waals surface area contributed by atoms with Crippen LogP contribution in [0.4, 0.5) is 5.82 Å². The second-order valence-electron chi connectivity index (χ2n) is 3.34. The molecule has 0 aliphatic rings. The van der Waals surface area contributed by atoms with Gasteiger partial charge in [-0.2, -0.15) is 4.68 Å². The number of nitrogens with two attached hydrogens (primary N) is 1. The zero-order valence-electron chi connectivity index (χ0n) is 9.96. The van der Waals surface area contributed by atoms with Crippen LogP contribution in [0.1, 0.15) is 23.0 Å². The van der Waals surface area contributed by atoms with E-state index in [1.54, 1.807) is 25.6 Å². The average molecular weight is 258 g/mol. The Balaban J connectivity index is 3.10. The molecule has 17 heavy (non-hydrogen) atoms. The van der Waals surface area contributed by atoms with E-state index in [2.05, 4.69) is 15.8 Å². The first-order valence-electron chi connectivity index (χ1n) is 5.04. The predicted octanol–water partition coefficient (Wildman–Crippen LogP) is -0.516. The Morgan fingerprint density at radius 3 is 2.82 bits per heavy atom. The molecule has 0 aromatic carbocycles. The molecular weight excluding hydrogens is 242 g/mol. The maximum atomic E-state index is 11.8. The van der Waals surface area contributed by atoms with Gasteiger partial charge in [0.2, 0.25) is 0 Å². The fourth-order valence-electron chi connectivity index (χ4n) is 1.45. The van der Waals surface area contributed by atoms with Crippen LogP contribution in [0, 0.1) is 6.92 Å². The topological polar surface area (TPSA) is 96.0 Å². The number of hydrogen-bond donors (Lipinski definition) is 4. The highest BCUT2D eigenvalue weighted by molar-refractivity contribution is 7.80. The average Bonchev–Trinajstić information content (AvgIpc) is 2.54. The molecule has 1 heterocycles. The summed E-state index contributed by atoms with van der Waals surface area (Å²) in [5, 5.41) is 6.00. The number of aromatic amines is 1. The third kappa shape index (κ3) is 2.92. The molecule has 1 aromatic heterocycles. The molecule has 94 valence electrons. The number of ether oxygens (including phenoxy) is 1. The van der Waals surface area contributed by atoms with Gasteiger partial charge in [0, 0.05) is 0 Å². The fraction of sp³-hybridized carbons (Fsp3) is 0.444. The van der Waals surface area contributed by atoms with E-state index in [1.165, 1.54) is 0 Å². The van der Waals surface area contributed by atoms with E-state index in [4.69, 9.17) is 22.8 Å². The maximum absolute atomic E-state index is 11.8. The van der Waals surface area contributed by atoms with E-state index in [-0.39, 0.29) is 5.11 Å². The monoisotopic (exact) mass is 258 g/mol. The minimum atomic E-state index is -0.413. The molecule has 0 aliphatic heterocycles. The Morgan fingerprint density at radius 1 is 1.65 bits per heavy atom. The zero-order valence-corrected chi connectivity index (χ0v) is 10.8. The lowest BCUT2D eigenvalue weighted by atomic mass is 10.2. The van der Waals surface area contributed by atoms with E-state index in [1.807, 2.05) is 0 Å². The molecule has 0 fully saturated rings. The van der Waals surface area contributed by atoms with Crippen molar-refractivity contribution in [3.63, 3.8) is 0 Å². The lowest BCUT2D eigenvalue weighted by molar-refractivity contribution is -0.713. The van der Waals surface area contributed by atoms with Crippen molar-refractivity contribution in [2.24, 2.45) is 12.9 Å². The number of nitrogens with zero attached hydrogens (tertiary/aromatic N) is 1. The van der Waals surface area contributed by atoms with Crippen molar-refractivity contribution in [1.29, 1.82) is 0 Å². The van der Waals surface area contributed by atoms with Crippen molar-refractivity contribution >= 4 is 29.1 Å². The number of H-pyrrole nitrogens is 1. The number of rotatable bonds is 3. The highest BCUT2D eigenvalue weighted by Gasteiger charge is 2.27. The summed E-state index contributed by atoms with van der Waals surface area (Å²) in [6.07, 6.45) is 0. The molecule has 0 unspecified atom stereocenters. The number of esters is 1. The molecule has 0 spiro atoms. The first kappa shape index (κ1) is 13.4. The van der Waals surface area contributed by atoms with Crippen LogP contribution < -0.4 is 21.3 Å². The molecule has 0 saturated heterocycles. The summed E-state index contributed by atoms with van der Waals surface area (Å²) in [7, 11) is 1.75. The number of aromatic nitrogens is 2. The number of nitrogens with one attached hydrogen (secondary N) is 3. The van der Waals surface area contributed by atoms with Gasteiger partial charge in [-0.15, -0.1) is 0 Å². The van der Waals surface area contributed by atoms with E-state index < -0.39 is 5.97 Å². The fourth-order valence-corrected chi connectivity index (χ4v) is 1.55. The Morgan fingerprint density at radius 2 is 2.29 bits per heavy atom. The predicted molar refractivity (Wildman–Crippen MR) is 66.2 cm³/mol.